The molecule has 0 spiro atoms. The number of carbonyl (C=O) groups is 3. The number of hydrogen-bond acceptors (Lipinski definition) is 5. The summed E-state index contributed by atoms with van der Waals surface area (Å²) in [5.74, 6) is -2.51. The average molecular weight is 196 g/mol. The first-order valence-electron chi connectivity index (χ1n) is 4.36. The Labute approximate surface area is 80.8 Å². The fraction of sp³-hybridized carbons (Fsp3) is 0.556. The zero-order valence-corrected chi connectivity index (χ0v) is 7.56. The van der Waals surface area contributed by atoms with E-state index in [0.717, 1.165) is 6.21 Å². The van der Waals surface area contributed by atoms with E-state index in [1.165, 1.54) is 0 Å². The number of rotatable bonds is 3. The molecule has 0 heterocycles. The zero-order valence-electron chi connectivity index (χ0n) is 7.56. The SMILES string of the molecule is O=C([O-])CN=CC1C(=O)CCCC1=O. The van der Waals surface area contributed by atoms with Crippen molar-refractivity contribution in [3.8, 4) is 0 Å². The Hall–Kier alpha value is -1.52. The van der Waals surface area contributed by atoms with Gasteiger partial charge in [-0.15, -0.1) is 0 Å². The molecular weight excluding hydrogens is 186 g/mol. The van der Waals surface area contributed by atoms with Gasteiger partial charge in [0.15, 0.2) is 0 Å². The Kier molecular flexibility index (Phi) is 3.50. The third-order valence-electron chi connectivity index (χ3n) is 2.01. The van der Waals surface area contributed by atoms with Crippen molar-refractivity contribution >= 4 is 23.8 Å². The molecule has 1 rings (SSSR count). The highest BCUT2D eigenvalue weighted by Gasteiger charge is 2.27. The molecule has 1 fully saturated rings. The van der Waals surface area contributed by atoms with Gasteiger partial charge in [-0.05, 0) is 6.42 Å². The number of nitrogens with zero attached hydrogens (tertiary/aromatic N) is 1. The first-order chi connectivity index (χ1) is 6.61. The Balaban J connectivity index is 2.56. The number of Topliss-reactive ketones (excluding diaryl/α,β-unsaturated/α-hetero) is 2. The van der Waals surface area contributed by atoms with Crippen LogP contribution in [0.1, 0.15) is 19.3 Å². The second-order valence-electron chi connectivity index (χ2n) is 3.13. The summed E-state index contributed by atoms with van der Waals surface area (Å²) in [4.78, 5) is 35.9. The van der Waals surface area contributed by atoms with E-state index >= 15 is 0 Å². The number of hydrogen-bond donors (Lipinski definition) is 0. The number of ketones is 2. The molecule has 76 valence electrons. The van der Waals surface area contributed by atoms with Gasteiger partial charge in [-0.25, -0.2) is 0 Å². The highest BCUT2D eigenvalue weighted by molar-refractivity contribution is 6.15. The number of carbonyl (C=O) groups excluding carboxylic acids is 3. The maximum Gasteiger partial charge on any atom is 0.148 e. The molecule has 0 aromatic heterocycles. The van der Waals surface area contributed by atoms with Crippen LogP contribution in [0, 0.1) is 5.92 Å². The van der Waals surface area contributed by atoms with Crippen LogP contribution in [0.3, 0.4) is 0 Å². The van der Waals surface area contributed by atoms with Crippen LogP contribution >= 0.6 is 0 Å². The fourth-order valence-electron chi connectivity index (χ4n) is 1.33. The molecule has 5 nitrogen and oxygen atoms in total. The van der Waals surface area contributed by atoms with Gasteiger partial charge in [-0.1, -0.05) is 0 Å². The van der Waals surface area contributed by atoms with Crippen molar-refractivity contribution < 1.29 is 19.5 Å². The normalized spacial score (nSPS) is 19.1. The van der Waals surface area contributed by atoms with E-state index in [-0.39, 0.29) is 11.6 Å². The van der Waals surface area contributed by atoms with Gasteiger partial charge in [-0.3, -0.25) is 14.6 Å². The van der Waals surface area contributed by atoms with Crippen molar-refractivity contribution in [2.24, 2.45) is 10.9 Å². The topological polar surface area (TPSA) is 86.6 Å². The van der Waals surface area contributed by atoms with Crippen LogP contribution in [0.25, 0.3) is 0 Å². The lowest BCUT2D eigenvalue weighted by atomic mass is 9.88. The maximum atomic E-state index is 11.2. The molecule has 0 radical (unpaired) electrons. The van der Waals surface area contributed by atoms with E-state index in [1.54, 1.807) is 0 Å². The van der Waals surface area contributed by atoms with E-state index in [9.17, 15) is 19.5 Å². The molecular formula is C9H10NO4-. The Morgan fingerprint density at radius 1 is 1.43 bits per heavy atom. The highest BCUT2D eigenvalue weighted by Crippen LogP contribution is 2.15. The van der Waals surface area contributed by atoms with Crippen LogP contribution in [-0.2, 0) is 14.4 Å². The van der Waals surface area contributed by atoms with Crippen LogP contribution in [0.5, 0.6) is 0 Å². The van der Waals surface area contributed by atoms with Crippen molar-refractivity contribution in [1.82, 2.24) is 0 Å². The Morgan fingerprint density at radius 2 is 2.00 bits per heavy atom. The number of carboxylic acid groups (broad SMARTS) is 1. The minimum Gasteiger partial charge on any atom is -0.548 e. The summed E-state index contributed by atoms with van der Waals surface area (Å²) in [7, 11) is 0. The van der Waals surface area contributed by atoms with Crippen molar-refractivity contribution in [1.29, 1.82) is 0 Å². The molecule has 0 amide bonds. The van der Waals surface area contributed by atoms with Gasteiger partial charge in [0.05, 0.1) is 12.5 Å². The highest BCUT2D eigenvalue weighted by atomic mass is 16.4. The molecule has 5 heteroatoms. The summed E-state index contributed by atoms with van der Waals surface area (Å²) in [6.07, 6.45) is 2.45. The van der Waals surface area contributed by atoms with Crippen LogP contribution < -0.4 is 5.11 Å². The van der Waals surface area contributed by atoms with Gasteiger partial charge >= 0.3 is 0 Å². The molecule has 0 atom stereocenters. The first kappa shape index (κ1) is 10.6. The summed E-state index contributed by atoms with van der Waals surface area (Å²) in [5, 5.41) is 10.0. The number of aliphatic carboxylic acids is 1. The predicted octanol–water partition coefficient (Wildman–Crippen LogP) is -1.25. The van der Waals surface area contributed by atoms with Crippen molar-refractivity contribution in [3.05, 3.63) is 0 Å². The molecule has 0 saturated heterocycles. The van der Waals surface area contributed by atoms with Crippen molar-refractivity contribution in [2.75, 3.05) is 6.54 Å². The third kappa shape index (κ3) is 2.76. The average Bonchev–Trinajstić information content (AvgIpc) is 2.09. The molecule has 0 bridgehead atoms. The molecule has 1 aliphatic carbocycles. The monoisotopic (exact) mass is 196 g/mol. The van der Waals surface area contributed by atoms with Crippen LogP contribution in [0.4, 0.5) is 0 Å². The number of aliphatic imine (C=N–C) groups is 1. The van der Waals surface area contributed by atoms with E-state index in [4.69, 9.17) is 0 Å². The smallest absolute Gasteiger partial charge is 0.148 e. The molecule has 0 N–H and O–H groups in total. The third-order valence-corrected chi connectivity index (χ3v) is 2.01. The summed E-state index contributed by atoms with van der Waals surface area (Å²) in [6.45, 7) is -0.503. The molecule has 1 aliphatic rings. The molecule has 0 aromatic rings. The minimum absolute atomic E-state index is 0.177. The van der Waals surface area contributed by atoms with Crippen LogP contribution in [0.2, 0.25) is 0 Å². The van der Waals surface area contributed by atoms with E-state index < -0.39 is 18.4 Å². The van der Waals surface area contributed by atoms with Gasteiger partial charge < -0.3 is 9.90 Å². The first-order valence-corrected chi connectivity index (χ1v) is 4.36. The fourth-order valence-corrected chi connectivity index (χ4v) is 1.33. The molecule has 0 aliphatic heterocycles. The quantitative estimate of drug-likeness (QED) is 0.416. The van der Waals surface area contributed by atoms with Gasteiger partial charge in [0.1, 0.15) is 17.5 Å². The summed E-state index contributed by atoms with van der Waals surface area (Å²) in [5.41, 5.74) is 0. The molecule has 14 heavy (non-hydrogen) atoms. The summed E-state index contributed by atoms with van der Waals surface area (Å²) in [6, 6.07) is 0. The largest absolute Gasteiger partial charge is 0.548 e. The maximum absolute atomic E-state index is 11.2. The number of carboxylic acids is 1. The Morgan fingerprint density at radius 3 is 2.50 bits per heavy atom. The molecule has 0 unspecified atom stereocenters. The lowest BCUT2D eigenvalue weighted by molar-refractivity contribution is -0.303. The van der Waals surface area contributed by atoms with Crippen LogP contribution in [-0.4, -0.2) is 30.3 Å². The second kappa shape index (κ2) is 4.64. The minimum atomic E-state index is -1.32. The van der Waals surface area contributed by atoms with E-state index in [1.807, 2.05) is 0 Å². The summed E-state index contributed by atoms with van der Waals surface area (Å²) < 4.78 is 0. The van der Waals surface area contributed by atoms with Gasteiger partial charge in [0.2, 0.25) is 0 Å². The van der Waals surface area contributed by atoms with Gasteiger partial charge in [0.25, 0.3) is 0 Å². The molecule has 1 saturated carbocycles. The standard InChI is InChI=1S/C9H11NO4/c11-7-2-1-3-8(12)6(7)4-10-5-9(13)14/h4,6H,1-3,5H2,(H,13,14)/p-1. The van der Waals surface area contributed by atoms with E-state index in [2.05, 4.69) is 4.99 Å². The van der Waals surface area contributed by atoms with Crippen molar-refractivity contribution in [2.45, 2.75) is 19.3 Å². The van der Waals surface area contributed by atoms with Gasteiger partial charge in [0, 0.05) is 19.1 Å². The van der Waals surface area contributed by atoms with E-state index in [0.29, 0.717) is 19.3 Å². The lowest BCUT2D eigenvalue weighted by Gasteiger charge is -2.14. The lowest BCUT2D eigenvalue weighted by Crippen LogP contribution is -2.30. The summed E-state index contributed by atoms with van der Waals surface area (Å²) >= 11 is 0. The molecule has 0 aromatic carbocycles. The zero-order chi connectivity index (χ0) is 10.6. The Bertz CT molecular complexity index is 279. The van der Waals surface area contributed by atoms with Crippen LogP contribution in [0.15, 0.2) is 4.99 Å². The van der Waals surface area contributed by atoms with Crippen molar-refractivity contribution in [3.63, 3.8) is 0 Å². The van der Waals surface area contributed by atoms with Gasteiger partial charge in [-0.2, -0.15) is 0 Å². The predicted molar refractivity (Wildman–Crippen MR) is 45.7 cm³/mol. The second-order valence-corrected chi connectivity index (χ2v) is 3.13.